The Kier molecular flexibility index (Phi) is 5.14. The quantitative estimate of drug-likeness (QED) is 0.843. The summed E-state index contributed by atoms with van der Waals surface area (Å²) in [5.74, 6) is 2.16. The number of urea groups is 1. The summed E-state index contributed by atoms with van der Waals surface area (Å²) in [5, 5.41) is 9.73. The van der Waals surface area contributed by atoms with Crippen LogP contribution in [0.25, 0.3) is 11.6 Å². The van der Waals surface area contributed by atoms with E-state index < -0.39 is 0 Å². The third-order valence-electron chi connectivity index (χ3n) is 3.78. The Bertz CT molecular complexity index is 652. The molecule has 2 aromatic rings. The summed E-state index contributed by atoms with van der Waals surface area (Å²) in [7, 11) is 0. The summed E-state index contributed by atoms with van der Waals surface area (Å²) in [4.78, 5) is 18.3. The molecule has 3 heterocycles. The zero-order valence-corrected chi connectivity index (χ0v) is 14.0. The molecular formula is C16H23N5O3. The fourth-order valence-electron chi connectivity index (χ4n) is 2.54. The highest BCUT2D eigenvalue weighted by Crippen LogP contribution is 2.15. The Hall–Kier alpha value is -2.35. The number of carbonyl (C=O) groups excluding carboxylic acids is 1. The van der Waals surface area contributed by atoms with Crippen LogP contribution in [0.3, 0.4) is 0 Å². The Morgan fingerprint density at radius 2 is 2.46 bits per heavy atom. The number of hydrogen-bond donors (Lipinski definition) is 2. The molecule has 130 valence electrons. The number of carbonyl (C=O) groups is 1. The second-order valence-electron chi connectivity index (χ2n) is 6.33. The topological polar surface area (TPSA) is 96.3 Å². The van der Waals surface area contributed by atoms with E-state index >= 15 is 0 Å². The van der Waals surface area contributed by atoms with Gasteiger partial charge < -0.3 is 19.4 Å². The fourth-order valence-corrected chi connectivity index (χ4v) is 2.54. The summed E-state index contributed by atoms with van der Waals surface area (Å²) in [6.45, 7) is 6.60. The van der Waals surface area contributed by atoms with Crippen molar-refractivity contribution in [1.29, 1.82) is 0 Å². The molecule has 1 fully saturated rings. The molecule has 2 N–H and O–H groups in total. The zero-order chi connectivity index (χ0) is 16.9. The lowest BCUT2D eigenvalue weighted by molar-refractivity contribution is 0.0436. The molecule has 2 amide bonds. The van der Waals surface area contributed by atoms with Gasteiger partial charge in [-0.15, -0.1) is 5.10 Å². The average Bonchev–Trinajstić information content (AvgIpc) is 3.31. The molecule has 2 aromatic heterocycles. The maximum absolute atomic E-state index is 12.2. The molecule has 1 atom stereocenters. The Balaban J connectivity index is 1.44. The van der Waals surface area contributed by atoms with Crippen LogP contribution >= 0.6 is 0 Å². The highest BCUT2D eigenvalue weighted by atomic mass is 16.5. The van der Waals surface area contributed by atoms with Gasteiger partial charge in [0.25, 0.3) is 0 Å². The van der Waals surface area contributed by atoms with E-state index in [-0.39, 0.29) is 12.1 Å². The molecule has 8 heteroatoms. The van der Waals surface area contributed by atoms with E-state index in [1.807, 2.05) is 0 Å². The van der Waals surface area contributed by atoms with Crippen molar-refractivity contribution in [1.82, 2.24) is 25.4 Å². The number of aromatic nitrogens is 3. The SMILES string of the molecule is CC(C)CO[C@H]1CCN(C(=O)NCc2nc(-c3ccco3)n[nH]2)C1. The van der Waals surface area contributed by atoms with Gasteiger partial charge >= 0.3 is 6.03 Å². The van der Waals surface area contributed by atoms with E-state index in [1.54, 1.807) is 23.3 Å². The number of rotatable bonds is 6. The van der Waals surface area contributed by atoms with E-state index in [9.17, 15) is 4.79 Å². The van der Waals surface area contributed by atoms with Gasteiger partial charge in [0.1, 0.15) is 5.82 Å². The lowest BCUT2D eigenvalue weighted by atomic mass is 10.2. The minimum atomic E-state index is -0.110. The Morgan fingerprint density at radius 1 is 1.58 bits per heavy atom. The molecule has 0 bridgehead atoms. The molecule has 3 rings (SSSR count). The van der Waals surface area contributed by atoms with Crippen molar-refractivity contribution >= 4 is 6.03 Å². The van der Waals surface area contributed by atoms with Gasteiger partial charge in [0, 0.05) is 19.7 Å². The summed E-state index contributed by atoms with van der Waals surface area (Å²) in [5.41, 5.74) is 0. The van der Waals surface area contributed by atoms with Crippen molar-refractivity contribution < 1.29 is 13.9 Å². The van der Waals surface area contributed by atoms with E-state index in [1.165, 1.54) is 0 Å². The van der Waals surface area contributed by atoms with Crippen LogP contribution in [0, 0.1) is 5.92 Å². The van der Waals surface area contributed by atoms with Gasteiger partial charge in [-0.25, -0.2) is 9.78 Å². The number of hydrogen-bond acceptors (Lipinski definition) is 5. The molecule has 0 radical (unpaired) electrons. The lowest BCUT2D eigenvalue weighted by Crippen LogP contribution is -2.39. The first kappa shape index (κ1) is 16.5. The molecule has 1 aliphatic rings. The van der Waals surface area contributed by atoms with E-state index in [0.717, 1.165) is 13.0 Å². The van der Waals surface area contributed by atoms with Crippen molar-refractivity contribution in [3.05, 3.63) is 24.2 Å². The first-order valence-corrected chi connectivity index (χ1v) is 8.21. The smallest absolute Gasteiger partial charge is 0.317 e. The van der Waals surface area contributed by atoms with Gasteiger partial charge in [-0.3, -0.25) is 5.10 Å². The Morgan fingerprint density at radius 3 is 3.21 bits per heavy atom. The van der Waals surface area contributed by atoms with Crippen LogP contribution < -0.4 is 5.32 Å². The predicted octanol–water partition coefficient (Wildman–Crippen LogP) is 2.02. The number of nitrogens with one attached hydrogen (secondary N) is 2. The van der Waals surface area contributed by atoms with Crippen molar-refractivity contribution in [3.8, 4) is 11.6 Å². The predicted molar refractivity (Wildman–Crippen MR) is 87.1 cm³/mol. The molecule has 0 aromatic carbocycles. The van der Waals surface area contributed by atoms with Gasteiger partial charge in [0.15, 0.2) is 5.76 Å². The molecule has 0 saturated carbocycles. The summed E-state index contributed by atoms with van der Waals surface area (Å²) < 4.78 is 11.0. The van der Waals surface area contributed by atoms with Crippen molar-refractivity contribution in [2.75, 3.05) is 19.7 Å². The van der Waals surface area contributed by atoms with Gasteiger partial charge in [-0.05, 0) is 24.5 Å². The molecular weight excluding hydrogens is 310 g/mol. The number of likely N-dealkylation sites (tertiary alicyclic amines) is 1. The van der Waals surface area contributed by atoms with E-state index in [2.05, 4.69) is 34.3 Å². The van der Waals surface area contributed by atoms with Crippen LogP contribution in [0.15, 0.2) is 22.8 Å². The molecule has 0 spiro atoms. The fraction of sp³-hybridized carbons (Fsp3) is 0.562. The second kappa shape index (κ2) is 7.48. The largest absolute Gasteiger partial charge is 0.461 e. The van der Waals surface area contributed by atoms with E-state index in [4.69, 9.17) is 9.15 Å². The average molecular weight is 333 g/mol. The number of H-pyrrole nitrogens is 1. The first-order chi connectivity index (χ1) is 11.6. The maximum Gasteiger partial charge on any atom is 0.317 e. The minimum Gasteiger partial charge on any atom is -0.461 e. The molecule has 8 nitrogen and oxygen atoms in total. The van der Waals surface area contributed by atoms with Crippen LogP contribution in [-0.4, -0.2) is 51.9 Å². The number of amides is 2. The Labute approximate surface area is 140 Å². The van der Waals surface area contributed by atoms with Crippen molar-refractivity contribution in [2.45, 2.75) is 32.9 Å². The van der Waals surface area contributed by atoms with Crippen LogP contribution in [0.1, 0.15) is 26.1 Å². The standard InChI is InChI=1S/C16H23N5O3/c1-11(2)10-24-12-5-6-21(9-12)16(22)17-8-14-18-15(20-19-14)13-4-3-7-23-13/h3-4,7,11-12H,5-6,8-10H2,1-2H3,(H,17,22)(H,18,19,20)/t12-/m0/s1. The zero-order valence-electron chi connectivity index (χ0n) is 14.0. The summed E-state index contributed by atoms with van der Waals surface area (Å²) in [6, 6.07) is 3.45. The van der Waals surface area contributed by atoms with Crippen molar-refractivity contribution in [2.24, 2.45) is 5.92 Å². The van der Waals surface area contributed by atoms with E-state index in [0.29, 0.717) is 43.0 Å². The summed E-state index contributed by atoms with van der Waals surface area (Å²) in [6.07, 6.45) is 2.58. The third kappa shape index (κ3) is 4.14. The number of furan rings is 1. The highest BCUT2D eigenvalue weighted by molar-refractivity contribution is 5.74. The minimum absolute atomic E-state index is 0.110. The monoisotopic (exact) mass is 333 g/mol. The van der Waals surface area contributed by atoms with Crippen LogP contribution in [0.4, 0.5) is 4.79 Å². The van der Waals surface area contributed by atoms with Crippen LogP contribution in [0.5, 0.6) is 0 Å². The first-order valence-electron chi connectivity index (χ1n) is 8.21. The van der Waals surface area contributed by atoms with Gasteiger partial charge in [0.05, 0.1) is 18.9 Å². The van der Waals surface area contributed by atoms with Crippen molar-refractivity contribution in [3.63, 3.8) is 0 Å². The molecule has 0 unspecified atom stereocenters. The van der Waals surface area contributed by atoms with Gasteiger partial charge in [-0.2, -0.15) is 0 Å². The number of ether oxygens (including phenoxy) is 1. The highest BCUT2D eigenvalue weighted by Gasteiger charge is 2.26. The molecule has 0 aliphatic carbocycles. The molecule has 1 aliphatic heterocycles. The second-order valence-corrected chi connectivity index (χ2v) is 6.33. The van der Waals surface area contributed by atoms with Crippen LogP contribution in [-0.2, 0) is 11.3 Å². The van der Waals surface area contributed by atoms with Crippen LogP contribution in [0.2, 0.25) is 0 Å². The third-order valence-corrected chi connectivity index (χ3v) is 3.78. The van der Waals surface area contributed by atoms with Gasteiger partial charge in [-0.1, -0.05) is 13.8 Å². The maximum atomic E-state index is 12.2. The number of nitrogens with zero attached hydrogens (tertiary/aromatic N) is 3. The van der Waals surface area contributed by atoms with Gasteiger partial charge in [0.2, 0.25) is 5.82 Å². The molecule has 1 saturated heterocycles. The lowest BCUT2D eigenvalue weighted by Gasteiger charge is -2.17. The normalized spacial score (nSPS) is 17.6. The summed E-state index contributed by atoms with van der Waals surface area (Å²) >= 11 is 0. The number of aromatic amines is 1. The molecule has 24 heavy (non-hydrogen) atoms.